The van der Waals surface area contributed by atoms with E-state index in [1.165, 1.54) is 14.0 Å². The molecule has 0 bridgehead atoms. The van der Waals surface area contributed by atoms with Crippen molar-refractivity contribution in [2.45, 2.75) is 37.6 Å². The first-order chi connectivity index (χ1) is 11.0. The molecule has 1 aliphatic heterocycles. The van der Waals surface area contributed by atoms with Crippen molar-refractivity contribution in [1.29, 1.82) is 0 Å². The molecule has 8 nitrogen and oxygen atoms in total. The second kappa shape index (κ2) is 7.60. The van der Waals surface area contributed by atoms with Crippen molar-refractivity contribution in [1.82, 2.24) is 5.32 Å². The number of methoxy groups -OCH3 is 1. The van der Waals surface area contributed by atoms with E-state index in [2.05, 4.69) is 5.32 Å². The van der Waals surface area contributed by atoms with Crippen LogP contribution in [0.5, 0.6) is 11.5 Å². The highest BCUT2D eigenvalue weighted by Gasteiger charge is 2.46. The zero-order chi connectivity index (χ0) is 17.0. The molecule has 1 fully saturated rings. The SMILES string of the molecule is COc1ccccc1O[C@H]1O[C@@H](CO)[C@@H](O)[C@H](O)[C@@H]1NC(C)=O. The molecule has 1 aliphatic rings. The summed E-state index contributed by atoms with van der Waals surface area (Å²) < 4.78 is 16.4. The summed E-state index contributed by atoms with van der Waals surface area (Å²) in [5, 5.41) is 31.9. The Morgan fingerprint density at radius 2 is 1.91 bits per heavy atom. The molecular weight excluding hydrogens is 306 g/mol. The largest absolute Gasteiger partial charge is 0.493 e. The highest BCUT2D eigenvalue weighted by atomic mass is 16.7. The molecule has 0 aliphatic carbocycles. The van der Waals surface area contributed by atoms with Crippen LogP contribution in [0.4, 0.5) is 0 Å². The number of aliphatic hydroxyl groups is 3. The number of ether oxygens (including phenoxy) is 3. The minimum Gasteiger partial charge on any atom is -0.493 e. The van der Waals surface area contributed by atoms with Gasteiger partial charge in [-0.3, -0.25) is 4.79 Å². The Labute approximate surface area is 133 Å². The third kappa shape index (κ3) is 3.91. The number of rotatable bonds is 5. The molecule has 5 atom stereocenters. The fourth-order valence-corrected chi connectivity index (χ4v) is 2.41. The number of carbonyl (C=O) groups excluding carboxylic acids is 1. The Balaban J connectivity index is 2.25. The van der Waals surface area contributed by atoms with Crippen molar-refractivity contribution < 1.29 is 34.3 Å². The Bertz CT molecular complexity index is 538. The van der Waals surface area contributed by atoms with Crippen LogP contribution in [0.15, 0.2) is 24.3 Å². The van der Waals surface area contributed by atoms with Crippen LogP contribution in [0.25, 0.3) is 0 Å². The molecule has 2 rings (SSSR count). The summed E-state index contributed by atoms with van der Waals surface area (Å²) in [5.41, 5.74) is 0. The highest BCUT2D eigenvalue weighted by Crippen LogP contribution is 2.30. The van der Waals surface area contributed by atoms with Crippen LogP contribution in [-0.2, 0) is 9.53 Å². The van der Waals surface area contributed by atoms with Crippen molar-refractivity contribution in [2.24, 2.45) is 0 Å². The highest BCUT2D eigenvalue weighted by molar-refractivity contribution is 5.73. The summed E-state index contributed by atoms with van der Waals surface area (Å²) in [7, 11) is 1.48. The molecule has 0 saturated carbocycles. The predicted octanol–water partition coefficient (Wildman–Crippen LogP) is -0.982. The minimum absolute atomic E-state index is 0.343. The maximum atomic E-state index is 11.3. The summed E-state index contributed by atoms with van der Waals surface area (Å²) in [5.74, 6) is 0.371. The number of carbonyl (C=O) groups is 1. The molecule has 1 amide bonds. The number of aliphatic hydroxyl groups excluding tert-OH is 3. The molecule has 4 N–H and O–H groups in total. The van der Waals surface area contributed by atoms with Gasteiger partial charge in [-0.05, 0) is 12.1 Å². The molecule has 8 heteroatoms. The van der Waals surface area contributed by atoms with Gasteiger partial charge in [-0.2, -0.15) is 0 Å². The first-order valence-corrected chi connectivity index (χ1v) is 7.17. The zero-order valence-corrected chi connectivity index (χ0v) is 12.9. The number of benzene rings is 1. The van der Waals surface area contributed by atoms with E-state index >= 15 is 0 Å². The lowest BCUT2D eigenvalue weighted by molar-refractivity contribution is -0.244. The Morgan fingerprint density at radius 1 is 1.26 bits per heavy atom. The van der Waals surface area contributed by atoms with Crippen LogP contribution in [0, 0.1) is 0 Å². The fourth-order valence-electron chi connectivity index (χ4n) is 2.41. The van der Waals surface area contributed by atoms with Crippen molar-refractivity contribution in [3.8, 4) is 11.5 Å². The molecule has 0 spiro atoms. The van der Waals surface area contributed by atoms with E-state index < -0.39 is 43.2 Å². The van der Waals surface area contributed by atoms with Gasteiger partial charge in [-0.25, -0.2) is 0 Å². The number of hydrogen-bond acceptors (Lipinski definition) is 7. The minimum atomic E-state index is -1.36. The van der Waals surface area contributed by atoms with Crippen LogP contribution in [0.3, 0.4) is 0 Å². The summed E-state index contributed by atoms with van der Waals surface area (Å²) in [4.78, 5) is 11.3. The van der Waals surface area contributed by atoms with Crippen molar-refractivity contribution in [3.05, 3.63) is 24.3 Å². The molecule has 0 radical (unpaired) electrons. The van der Waals surface area contributed by atoms with Gasteiger partial charge in [0.05, 0.1) is 13.7 Å². The molecule has 1 saturated heterocycles. The first kappa shape index (κ1) is 17.5. The molecule has 0 unspecified atom stereocenters. The second-order valence-electron chi connectivity index (χ2n) is 5.20. The van der Waals surface area contributed by atoms with Gasteiger partial charge >= 0.3 is 0 Å². The quantitative estimate of drug-likeness (QED) is 0.549. The van der Waals surface area contributed by atoms with E-state index in [0.717, 1.165) is 0 Å². The van der Waals surface area contributed by atoms with Crippen LogP contribution in [0.2, 0.25) is 0 Å². The third-order valence-corrected chi connectivity index (χ3v) is 3.56. The van der Waals surface area contributed by atoms with Gasteiger partial charge < -0.3 is 34.8 Å². The average Bonchev–Trinajstić information content (AvgIpc) is 2.54. The summed E-state index contributed by atoms with van der Waals surface area (Å²) >= 11 is 0. The fraction of sp³-hybridized carbons (Fsp3) is 0.533. The lowest BCUT2D eigenvalue weighted by Gasteiger charge is -2.42. The summed E-state index contributed by atoms with van der Waals surface area (Å²) in [6.07, 6.45) is -4.85. The van der Waals surface area contributed by atoms with Gasteiger partial charge in [-0.1, -0.05) is 12.1 Å². The van der Waals surface area contributed by atoms with Crippen molar-refractivity contribution in [3.63, 3.8) is 0 Å². The van der Waals surface area contributed by atoms with Gasteiger partial charge in [0.2, 0.25) is 12.2 Å². The Hall–Kier alpha value is -1.87. The van der Waals surface area contributed by atoms with E-state index in [9.17, 15) is 20.1 Å². The molecule has 23 heavy (non-hydrogen) atoms. The van der Waals surface area contributed by atoms with E-state index in [4.69, 9.17) is 14.2 Å². The van der Waals surface area contributed by atoms with Gasteiger partial charge in [0.25, 0.3) is 0 Å². The zero-order valence-electron chi connectivity index (χ0n) is 12.9. The lowest BCUT2D eigenvalue weighted by atomic mass is 9.97. The molecule has 0 aromatic heterocycles. The second-order valence-corrected chi connectivity index (χ2v) is 5.20. The van der Waals surface area contributed by atoms with E-state index in [1.807, 2.05) is 0 Å². The topological polar surface area (TPSA) is 117 Å². The van der Waals surface area contributed by atoms with Crippen molar-refractivity contribution in [2.75, 3.05) is 13.7 Å². The molecule has 1 aromatic carbocycles. The summed E-state index contributed by atoms with van der Waals surface area (Å²) in [6, 6.07) is 5.80. The molecular formula is C15H21NO7. The van der Waals surface area contributed by atoms with Crippen LogP contribution < -0.4 is 14.8 Å². The van der Waals surface area contributed by atoms with E-state index in [0.29, 0.717) is 11.5 Å². The van der Waals surface area contributed by atoms with Crippen LogP contribution in [-0.4, -0.2) is 65.6 Å². The molecule has 1 heterocycles. The normalized spacial score (nSPS) is 30.6. The van der Waals surface area contributed by atoms with E-state index in [1.54, 1.807) is 24.3 Å². The number of hydrogen-bond donors (Lipinski definition) is 4. The average molecular weight is 327 g/mol. The molecule has 1 aromatic rings. The van der Waals surface area contributed by atoms with Crippen LogP contribution in [0.1, 0.15) is 6.92 Å². The maximum Gasteiger partial charge on any atom is 0.223 e. The Kier molecular flexibility index (Phi) is 5.78. The monoisotopic (exact) mass is 327 g/mol. The van der Waals surface area contributed by atoms with Gasteiger partial charge in [0, 0.05) is 6.92 Å². The van der Waals surface area contributed by atoms with E-state index in [-0.39, 0.29) is 0 Å². The number of para-hydroxylation sites is 2. The number of amides is 1. The lowest BCUT2D eigenvalue weighted by Crippen LogP contribution is -2.65. The van der Waals surface area contributed by atoms with Gasteiger partial charge in [-0.15, -0.1) is 0 Å². The maximum absolute atomic E-state index is 11.3. The third-order valence-electron chi connectivity index (χ3n) is 3.56. The molecule has 128 valence electrons. The standard InChI is InChI=1S/C15H21NO7/c1-8(18)16-12-14(20)13(19)11(7-17)23-15(12)22-10-6-4-3-5-9(10)21-2/h3-6,11-15,17,19-20H,7H2,1-2H3,(H,16,18)/t11-,12-,13+,14+,15-/m0/s1. The summed E-state index contributed by atoms with van der Waals surface area (Å²) in [6.45, 7) is 0.772. The number of nitrogens with one attached hydrogen (secondary N) is 1. The first-order valence-electron chi connectivity index (χ1n) is 7.17. The van der Waals surface area contributed by atoms with Gasteiger partial charge in [0.15, 0.2) is 11.5 Å². The van der Waals surface area contributed by atoms with Crippen LogP contribution >= 0.6 is 0 Å². The van der Waals surface area contributed by atoms with Crippen molar-refractivity contribution >= 4 is 5.91 Å². The predicted molar refractivity (Wildman–Crippen MR) is 79.0 cm³/mol. The smallest absolute Gasteiger partial charge is 0.223 e. The van der Waals surface area contributed by atoms with Gasteiger partial charge in [0.1, 0.15) is 24.4 Å². The Morgan fingerprint density at radius 3 is 2.48 bits per heavy atom.